The summed E-state index contributed by atoms with van der Waals surface area (Å²) in [6, 6.07) is 19.0. The van der Waals surface area contributed by atoms with Gasteiger partial charge in [0.05, 0.1) is 0 Å². The average molecular weight is 283 g/mol. The molecule has 110 valence electrons. The van der Waals surface area contributed by atoms with Crippen LogP contribution >= 0.6 is 0 Å². The number of benzene rings is 2. The van der Waals surface area contributed by atoms with Gasteiger partial charge in [-0.15, -0.1) is 0 Å². The summed E-state index contributed by atoms with van der Waals surface area (Å²) in [5.41, 5.74) is 2.03. The first-order valence-electron chi connectivity index (χ1n) is 7.30. The van der Waals surface area contributed by atoms with Crippen LogP contribution in [0.5, 0.6) is 0 Å². The lowest BCUT2D eigenvalue weighted by Crippen LogP contribution is -2.42. The Morgan fingerprint density at radius 2 is 1.48 bits per heavy atom. The van der Waals surface area contributed by atoms with Crippen molar-refractivity contribution in [2.24, 2.45) is 0 Å². The molecule has 2 aromatic rings. The molecule has 0 radical (unpaired) electrons. The van der Waals surface area contributed by atoms with Crippen LogP contribution < -0.4 is 5.32 Å². The number of carboxylic acids is 1. The second-order valence-corrected chi connectivity index (χ2v) is 5.07. The normalized spacial score (nSPS) is 12.3. The summed E-state index contributed by atoms with van der Waals surface area (Å²) in [5, 5.41) is 12.8. The van der Waals surface area contributed by atoms with Gasteiger partial charge < -0.3 is 10.4 Å². The molecule has 1 atom stereocenters. The molecule has 0 bridgehead atoms. The van der Waals surface area contributed by atoms with E-state index in [1.807, 2.05) is 67.6 Å². The van der Waals surface area contributed by atoms with E-state index in [1.165, 1.54) is 0 Å². The van der Waals surface area contributed by atoms with E-state index >= 15 is 0 Å². The van der Waals surface area contributed by atoms with Gasteiger partial charge in [0.1, 0.15) is 6.04 Å². The molecule has 0 spiro atoms. The summed E-state index contributed by atoms with van der Waals surface area (Å²) in [7, 11) is 0. The van der Waals surface area contributed by atoms with Crippen molar-refractivity contribution < 1.29 is 9.90 Å². The fraction of sp³-hybridized carbons (Fsp3) is 0.278. The first-order chi connectivity index (χ1) is 10.2. The topological polar surface area (TPSA) is 49.3 Å². The first-order valence-corrected chi connectivity index (χ1v) is 7.30. The summed E-state index contributed by atoms with van der Waals surface area (Å²) in [6.07, 6.45) is 0.903. The number of hydrogen-bond acceptors (Lipinski definition) is 2. The Hall–Kier alpha value is -2.13. The minimum absolute atomic E-state index is 0.198. The summed E-state index contributed by atoms with van der Waals surface area (Å²) in [6.45, 7) is 2.72. The fourth-order valence-corrected chi connectivity index (χ4v) is 2.55. The standard InChI is InChI=1S/C18H21NO2/c1-2-13-19-17(18(20)21)16(14-9-5-3-6-10-14)15-11-7-4-8-12-15/h3-12,16-17,19H,2,13H2,1H3,(H,20,21). The molecule has 3 nitrogen and oxygen atoms in total. The summed E-state index contributed by atoms with van der Waals surface area (Å²) in [5.74, 6) is -1.02. The molecule has 0 heterocycles. The number of nitrogens with one attached hydrogen (secondary N) is 1. The van der Waals surface area contributed by atoms with E-state index in [2.05, 4.69) is 5.32 Å². The highest BCUT2D eigenvalue weighted by molar-refractivity contribution is 5.76. The first kappa shape index (κ1) is 15.3. The van der Waals surface area contributed by atoms with Gasteiger partial charge in [-0.25, -0.2) is 0 Å². The lowest BCUT2D eigenvalue weighted by Gasteiger charge is -2.26. The quantitative estimate of drug-likeness (QED) is 0.820. The maximum Gasteiger partial charge on any atom is 0.321 e. The molecule has 2 aromatic carbocycles. The van der Waals surface area contributed by atoms with Crippen LogP contribution in [-0.2, 0) is 4.79 Å². The Bertz CT molecular complexity index is 514. The van der Waals surface area contributed by atoms with E-state index in [0.717, 1.165) is 17.5 Å². The van der Waals surface area contributed by atoms with Gasteiger partial charge in [-0.2, -0.15) is 0 Å². The number of rotatable bonds is 7. The Morgan fingerprint density at radius 3 is 1.86 bits per heavy atom. The lowest BCUT2D eigenvalue weighted by molar-refractivity contribution is -0.139. The van der Waals surface area contributed by atoms with Crippen molar-refractivity contribution in [3.63, 3.8) is 0 Å². The number of carbonyl (C=O) groups is 1. The van der Waals surface area contributed by atoms with Crippen molar-refractivity contribution in [3.8, 4) is 0 Å². The second-order valence-electron chi connectivity index (χ2n) is 5.07. The van der Waals surface area contributed by atoms with Crippen LogP contribution in [0.2, 0.25) is 0 Å². The van der Waals surface area contributed by atoms with Crippen molar-refractivity contribution >= 4 is 5.97 Å². The minimum Gasteiger partial charge on any atom is -0.480 e. The molecule has 0 aliphatic rings. The van der Waals surface area contributed by atoms with Crippen molar-refractivity contribution in [1.29, 1.82) is 0 Å². The van der Waals surface area contributed by atoms with Gasteiger partial charge in [0.15, 0.2) is 0 Å². The van der Waals surface area contributed by atoms with Gasteiger partial charge in [0.25, 0.3) is 0 Å². The van der Waals surface area contributed by atoms with Crippen LogP contribution in [0.15, 0.2) is 60.7 Å². The van der Waals surface area contributed by atoms with E-state index in [0.29, 0.717) is 6.54 Å². The summed E-state index contributed by atoms with van der Waals surface area (Å²) >= 11 is 0. The molecule has 0 saturated carbocycles. The monoisotopic (exact) mass is 283 g/mol. The SMILES string of the molecule is CCCNC(C(=O)O)C(c1ccccc1)c1ccccc1. The van der Waals surface area contributed by atoms with Crippen LogP contribution in [0.1, 0.15) is 30.4 Å². The molecule has 2 N–H and O–H groups in total. The second kappa shape index (κ2) is 7.60. The molecule has 21 heavy (non-hydrogen) atoms. The third-order valence-electron chi connectivity index (χ3n) is 3.53. The van der Waals surface area contributed by atoms with E-state index in [9.17, 15) is 9.90 Å². The van der Waals surface area contributed by atoms with E-state index in [-0.39, 0.29) is 5.92 Å². The molecule has 0 aliphatic heterocycles. The zero-order valence-corrected chi connectivity index (χ0v) is 12.2. The Labute approximate surface area is 125 Å². The van der Waals surface area contributed by atoms with Crippen molar-refractivity contribution in [2.45, 2.75) is 25.3 Å². The van der Waals surface area contributed by atoms with Gasteiger partial charge in [-0.05, 0) is 24.1 Å². The number of hydrogen-bond donors (Lipinski definition) is 2. The predicted molar refractivity (Wildman–Crippen MR) is 84.4 cm³/mol. The smallest absolute Gasteiger partial charge is 0.321 e. The maximum absolute atomic E-state index is 11.7. The van der Waals surface area contributed by atoms with E-state index < -0.39 is 12.0 Å². The van der Waals surface area contributed by atoms with Crippen LogP contribution in [0.3, 0.4) is 0 Å². The molecule has 0 aromatic heterocycles. The molecule has 1 unspecified atom stereocenters. The largest absolute Gasteiger partial charge is 0.480 e. The van der Waals surface area contributed by atoms with Gasteiger partial charge in [-0.3, -0.25) is 4.79 Å². The van der Waals surface area contributed by atoms with Gasteiger partial charge >= 0.3 is 5.97 Å². The molecular formula is C18H21NO2. The molecule has 2 rings (SSSR count). The Kier molecular flexibility index (Phi) is 5.52. The summed E-state index contributed by atoms with van der Waals surface area (Å²) < 4.78 is 0. The molecule has 0 fully saturated rings. The van der Waals surface area contributed by atoms with Crippen molar-refractivity contribution in [2.75, 3.05) is 6.54 Å². The molecule has 0 saturated heterocycles. The van der Waals surface area contributed by atoms with Crippen LogP contribution in [-0.4, -0.2) is 23.7 Å². The van der Waals surface area contributed by atoms with Gasteiger partial charge in [-0.1, -0.05) is 67.6 Å². The highest BCUT2D eigenvalue weighted by Gasteiger charge is 2.30. The van der Waals surface area contributed by atoms with Crippen molar-refractivity contribution in [1.82, 2.24) is 5.32 Å². The maximum atomic E-state index is 11.7. The highest BCUT2D eigenvalue weighted by Crippen LogP contribution is 2.28. The van der Waals surface area contributed by atoms with E-state index in [1.54, 1.807) is 0 Å². The Morgan fingerprint density at radius 1 is 1.00 bits per heavy atom. The summed E-state index contributed by atoms with van der Waals surface area (Å²) in [4.78, 5) is 11.7. The minimum atomic E-state index is -0.818. The fourth-order valence-electron chi connectivity index (χ4n) is 2.55. The third-order valence-corrected chi connectivity index (χ3v) is 3.53. The molecule has 3 heteroatoms. The zero-order chi connectivity index (χ0) is 15.1. The zero-order valence-electron chi connectivity index (χ0n) is 12.2. The van der Waals surface area contributed by atoms with Gasteiger partial charge in [0, 0.05) is 5.92 Å². The number of aliphatic carboxylic acids is 1. The molecule has 0 amide bonds. The molecule has 0 aliphatic carbocycles. The Balaban J connectivity index is 2.42. The predicted octanol–water partition coefficient (Wildman–Crippen LogP) is 3.27. The van der Waals surface area contributed by atoms with Crippen molar-refractivity contribution in [3.05, 3.63) is 71.8 Å². The van der Waals surface area contributed by atoms with Crippen LogP contribution in [0.4, 0.5) is 0 Å². The average Bonchev–Trinajstić information content (AvgIpc) is 2.53. The molecular weight excluding hydrogens is 262 g/mol. The lowest BCUT2D eigenvalue weighted by atomic mass is 9.85. The third kappa shape index (κ3) is 3.92. The number of carboxylic acid groups (broad SMARTS) is 1. The van der Waals surface area contributed by atoms with E-state index in [4.69, 9.17) is 0 Å². The van der Waals surface area contributed by atoms with Crippen LogP contribution in [0.25, 0.3) is 0 Å². The highest BCUT2D eigenvalue weighted by atomic mass is 16.4. The van der Waals surface area contributed by atoms with Gasteiger partial charge in [0.2, 0.25) is 0 Å². The van der Waals surface area contributed by atoms with Crippen LogP contribution in [0, 0.1) is 0 Å².